The summed E-state index contributed by atoms with van der Waals surface area (Å²) in [5.74, 6) is -1.16. The number of aliphatic hydroxyl groups is 2. The number of hydrogen-bond donors (Lipinski definition) is 5. The van der Waals surface area contributed by atoms with Crippen molar-refractivity contribution in [1.29, 1.82) is 0 Å². The summed E-state index contributed by atoms with van der Waals surface area (Å²) >= 11 is 1.12. The maximum Gasteiger partial charge on any atom is 0.274 e. The van der Waals surface area contributed by atoms with Crippen molar-refractivity contribution in [2.45, 2.75) is 135 Å². The molecule has 1 fully saturated rings. The summed E-state index contributed by atoms with van der Waals surface area (Å²) in [6.07, 6.45) is 13.9. The quantitative estimate of drug-likeness (QED) is 0.0387. The number of aromatic nitrogens is 4. The van der Waals surface area contributed by atoms with Gasteiger partial charge in [-0.25, -0.2) is 19.3 Å². The number of carbonyl (C=O) groups excluding carboxylic acids is 3. The molecule has 67 heavy (non-hydrogen) atoms. The number of nitrogen functional groups attached to an aromatic ring is 1. The van der Waals surface area contributed by atoms with E-state index in [9.17, 15) is 57.9 Å². The number of ether oxygens (including phenoxy) is 1. The maximum atomic E-state index is 12.6. The average molecular weight is 1030 g/mol. The molecule has 6 N–H and O–H groups in total. The summed E-state index contributed by atoms with van der Waals surface area (Å²) in [4.78, 5) is 96.8. The van der Waals surface area contributed by atoms with Gasteiger partial charge >= 0.3 is 0 Å². The molecule has 28 heteroatoms. The first-order chi connectivity index (χ1) is 31.6. The first-order valence-corrected chi connectivity index (χ1v) is 27.2. The molecule has 0 radical (unpaired) electrons. The molecule has 3 rings (SSSR count). The molecule has 0 spiro atoms. The highest BCUT2D eigenvalue weighted by molar-refractivity contribution is 8.13. The lowest BCUT2D eigenvalue weighted by Gasteiger charge is -2.36. The van der Waals surface area contributed by atoms with Crippen LogP contribution in [0.3, 0.4) is 0 Å². The molecule has 1 saturated heterocycles. The zero-order chi connectivity index (χ0) is 49.7. The monoisotopic (exact) mass is 1030 g/mol. The molecule has 1 aliphatic heterocycles. The lowest BCUT2D eigenvalue weighted by molar-refractivity contribution is -0.347. The minimum Gasteiger partial charge on any atom is -0.790 e. The van der Waals surface area contributed by atoms with Gasteiger partial charge in [0, 0.05) is 37.1 Å². The second kappa shape index (κ2) is 28.6. The lowest BCUT2D eigenvalue weighted by Crippen LogP contribution is -2.46. The molecule has 2 aromatic rings. The summed E-state index contributed by atoms with van der Waals surface area (Å²) < 4.78 is 60.8. The predicted molar refractivity (Wildman–Crippen MR) is 238 cm³/mol. The molecule has 7 atom stereocenters. The van der Waals surface area contributed by atoms with Gasteiger partial charge < -0.3 is 69.0 Å². The number of amides is 2. The van der Waals surface area contributed by atoms with Crippen LogP contribution in [0.4, 0.5) is 5.82 Å². The molecule has 2 unspecified atom stereocenters. The first kappa shape index (κ1) is 58.4. The number of fused-ring (bicyclic) bond motifs is 1. The van der Waals surface area contributed by atoms with Gasteiger partial charge in [-0.2, -0.15) is 0 Å². The molecule has 0 aromatic carbocycles. The number of rotatable bonds is 33. The Hall–Kier alpha value is -2.96. The number of hydrogen-bond acceptors (Lipinski definition) is 22. The van der Waals surface area contributed by atoms with Crippen LogP contribution in [0.15, 0.2) is 37.0 Å². The predicted octanol–water partition coefficient (Wildman–Crippen LogP) is 1.95. The van der Waals surface area contributed by atoms with Crippen molar-refractivity contribution in [3.63, 3.8) is 0 Å². The number of thioether (sulfide) groups is 1. The standard InChI is InChI=1S/C39H66N7O17P3S/c1-4-5-6-7-8-9-10-11-12-13-14-15-16-17-18-19-30(48)67-23-22-41-29(47)20-21-42-37(51)34(50)39(2,3)25-60-66(57,58)63-65(55,56)59-24-28-33(62-64(52,53)54)32(49)38(61-28)46-27-45-31-35(40)43-26-44-36(31)46/h9-10,14-15,26-28,32-34,38,49-50H,4-8,11-13,16-25H2,1-3H3,(H,41,47)(H,42,51)(H,55,56)(H,57,58)(H2,40,43,44)(H2,52,53,54)/p-4/b10-9+,15-14-/t28-,32-,33-,34+,38-/m1/s1. The van der Waals surface area contributed by atoms with E-state index < -0.39 is 84.6 Å². The SMILES string of the molecule is CCCCCC/C=C/CCC/C=C\CCCCC(=O)SCCNC(=O)CCNC(=O)[C@H](O)C(C)(C)COP(=O)([O-])OP(=O)([O-])OC[C@H]1O[C@@H](n2cnc3c(N)ncnc32)[C@H](O)[C@@H]1OP(=O)([O-])[O-]. The van der Waals surface area contributed by atoms with E-state index in [0.717, 1.165) is 73.9 Å². The average Bonchev–Trinajstić information content (AvgIpc) is 3.81. The number of unbranched alkanes of at least 4 members (excludes halogenated alkanes) is 8. The van der Waals surface area contributed by atoms with Crippen molar-refractivity contribution in [2.75, 3.05) is 37.8 Å². The molecule has 0 saturated carbocycles. The van der Waals surface area contributed by atoms with Gasteiger partial charge in [-0.15, -0.1) is 0 Å². The second-order valence-electron chi connectivity index (χ2n) is 16.2. The molecule has 1 aliphatic rings. The Bertz CT molecular complexity index is 2090. The van der Waals surface area contributed by atoms with Crippen LogP contribution in [0.25, 0.3) is 11.2 Å². The van der Waals surface area contributed by atoms with Crippen LogP contribution in [-0.4, -0.2) is 103 Å². The van der Waals surface area contributed by atoms with E-state index in [1.165, 1.54) is 39.5 Å². The maximum absolute atomic E-state index is 12.6. The Balaban J connectivity index is 1.31. The number of nitrogens with one attached hydrogen (secondary N) is 2. The van der Waals surface area contributed by atoms with Crippen molar-refractivity contribution < 1.29 is 80.5 Å². The highest BCUT2D eigenvalue weighted by Gasteiger charge is 2.47. The van der Waals surface area contributed by atoms with E-state index in [-0.39, 0.29) is 41.6 Å². The van der Waals surface area contributed by atoms with Crippen LogP contribution in [0.1, 0.15) is 110 Å². The van der Waals surface area contributed by atoms with E-state index in [1.54, 1.807) is 0 Å². The highest BCUT2D eigenvalue weighted by atomic mass is 32.2. The summed E-state index contributed by atoms with van der Waals surface area (Å²) in [6, 6.07) is 0. The summed E-state index contributed by atoms with van der Waals surface area (Å²) in [5.41, 5.74) is 4.09. The van der Waals surface area contributed by atoms with E-state index >= 15 is 0 Å². The Morgan fingerprint density at radius 1 is 0.910 bits per heavy atom. The van der Waals surface area contributed by atoms with E-state index in [1.807, 2.05) is 0 Å². The van der Waals surface area contributed by atoms with Gasteiger partial charge in [0.2, 0.25) is 11.8 Å². The fourth-order valence-electron chi connectivity index (χ4n) is 6.39. The number of nitrogens with two attached hydrogens (primary N) is 1. The number of phosphoric acid groups is 3. The number of allylic oxidation sites excluding steroid dienone is 4. The number of nitrogens with zero attached hydrogens (tertiary/aromatic N) is 4. The number of anilines is 1. The van der Waals surface area contributed by atoms with Gasteiger partial charge in [0.05, 0.1) is 27.4 Å². The number of phosphoric ester groups is 3. The third-order valence-corrected chi connectivity index (χ3v) is 14.0. The van der Waals surface area contributed by atoms with Crippen LogP contribution in [0, 0.1) is 5.41 Å². The van der Waals surface area contributed by atoms with E-state index in [0.29, 0.717) is 12.2 Å². The van der Waals surface area contributed by atoms with Crippen molar-refractivity contribution in [1.82, 2.24) is 30.2 Å². The first-order valence-electron chi connectivity index (χ1n) is 21.8. The van der Waals surface area contributed by atoms with Crippen LogP contribution in [0.2, 0.25) is 0 Å². The minimum atomic E-state index is -5.92. The second-order valence-corrected chi connectivity index (χ2v) is 21.4. The fraction of sp³-hybridized carbons (Fsp3) is 0.692. The molecule has 24 nitrogen and oxygen atoms in total. The topological polar surface area (TPSA) is 375 Å². The third-order valence-electron chi connectivity index (χ3n) is 10.0. The van der Waals surface area contributed by atoms with Crippen molar-refractivity contribution in [3.05, 3.63) is 37.0 Å². The number of carbonyl (C=O) groups is 3. The normalized spacial score (nSPS) is 20.3. The zero-order valence-corrected chi connectivity index (χ0v) is 41.2. The molecule has 0 bridgehead atoms. The molecule has 0 aliphatic carbocycles. The third kappa shape index (κ3) is 21.7. The van der Waals surface area contributed by atoms with E-state index in [4.69, 9.17) is 10.5 Å². The van der Waals surface area contributed by atoms with Crippen molar-refractivity contribution in [2.24, 2.45) is 5.41 Å². The largest absolute Gasteiger partial charge is 0.790 e. The summed E-state index contributed by atoms with van der Waals surface area (Å²) in [5, 5.41) is 26.4. The van der Waals surface area contributed by atoms with E-state index in [2.05, 4.69) is 74.7 Å². The van der Waals surface area contributed by atoms with Gasteiger partial charge in [0.1, 0.15) is 36.3 Å². The molecule has 2 aromatic heterocycles. The van der Waals surface area contributed by atoms with Gasteiger partial charge in [-0.3, -0.25) is 28.1 Å². The Morgan fingerprint density at radius 2 is 1.55 bits per heavy atom. The van der Waals surface area contributed by atoms with Crippen molar-refractivity contribution >= 4 is 69.1 Å². The molecule has 2 amide bonds. The molecule has 380 valence electrons. The molecular formula is C39H62N7O17P3S-4. The minimum absolute atomic E-state index is 0.0198. The highest BCUT2D eigenvalue weighted by Crippen LogP contribution is 2.56. The Kier molecular flexibility index (Phi) is 24.9. The fourth-order valence-corrected chi connectivity index (χ4v) is 9.85. The van der Waals surface area contributed by atoms with Gasteiger partial charge in [0.25, 0.3) is 15.6 Å². The summed E-state index contributed by atoms with van der Waals surface area (Å²) in [7, 11) is -17.6. The zero-order valence-electron chi connectivity index (χ0n) is 37.7. The molecule has 3 heterocycles. The van der Waals surface area contributed by atoms with Crippen LogP contribution < -0.4 is 35.9 Å². The Labute approximate surface area is 393 Å². The van der Waals surface area contributed by atoms with Gasteiger partial charge in [0.15, 0.2) is 22.8 Å². The van der Waals surface area contributed by atoms with Gasteiger partial charge in [-0.05, 0) is 51.4 Å². The van der Waals surface area contributed by atoms with Gasteiger partial charge in [-0.1, -0.05) is 76.1 Å². The number of imidazole rings is 1. The number of aliphatic hydroxyl groups excluding tert-OH is 2. The van der Waals surface area contributed by atoms with Crippen LogP contribution in [-0.2, 0) is 50.7 Å². The molecular weight excluding hydrogens is 963 g/mol. The van der Waals surface area contributed by atoms with Crippen LogP contribution in [0.5, 0.6) is 0 Å². The lowest BCUT2D eigenvalue weighted by atomic mass is 9.87. The Morgan fingerprint density at radius 3 is 2.21 bits per heavy atom. The van der Waals surface area contributed by atoms with Crippen LogP contribution >= 0.6 is 35.2 Å². The van der Waals surface area contributed by atoms with Crippen molar-refractivity contribution in [3.8, 4) is 0 Å². The summed E-state index contributed by atoms with van der Waals surface area (Å²) in [6.45, 7) is 2.36. The smallest absolute Gasteiger partial charge is 0.274 e.